The zero-order valence-electron chi connectivity index (χ0n) is 10.5. The van der Waals surface area contributed by atoms with Crippen LogP contribution in [0.1, 0.15) is 17.4 Å². The zero-order chi connectivity index (χ0) is 13.8. The van der Waals surface area contributed by atoms with Crippen LogP contribution >= 0.6 is 11.6 Å². The number of halogens is 1. The van der Waals surface area contributed by atoms with Crippen molar-refractivity contribution in [2.45, 2.75) is 6.04 Å². The Kier molecular flexibility index (Phi) is 4.19. The Balaban J connectivity index is 2.40. The summed E-state index contributed by atoms with van der Waals surface area (Å²) in [6.45, 7) is -0.0680. The number of rotatable bonds is 4. The molecule has 0 bridgehead atoms. The Morgan fingerprint density at radius 3 is 2.95 bits per heavy atom. The van der Waals surface area contributed by atoms with Gasteiger partial charge >= 0.3 is 0 Å². The van der Waals surface area contributed by atoms with Crippen molar-refractivity contribution in [3.63, 3.8) is 0 Å². The van der Waals surface area contributed by atoms with E-state index < -0.39 is 0 Å². The minimum Gasteiger partial charge on any atom is -0.341 e. The highest BCUT2D eigenvalue weighted by Crippen LogP contribution is 2.23. The number of hydrogen-bond acceptors (Lipinski definition) is 3. The average molecular weight is 279 g/mol. The molecule has 0 aliphatic rings. The second-order valence-electron chi connectivity index (χ2n) is 4.16. The van der Waals surface area contributed by atoms with Crippen molar-refractivity contribution in [1.29, 1.82) is 0 Å². The molecule has 1 heterocycles. The minimum absolute atomic E-state index is 0.0680. The van der Waals surface area contributed by atoms with Crippen LogP contribution in [0.3, 0.4) is 0 Å². The van der Waals surface area contributed by atoms with Crippen LogP contribution in [0.4, 0.5) is 0 Å². The SMILES string of the molecule is Cn1ccnc1C(NC(=O)CN)c1cccc(Cl)c1. The highest BCUT2D eigenvalue weighted by atomic mass is 35.5. The normalized spacial score (nSPS) is 12.2. The molecule has 5 nitrogen and oxygen atoms in total. The number of nitrogens with two attached hydrogens (primary N) is 1. The van der Waals surface area contributed by atoms with E-state index in [1.54, 1.807) is 18.3 Å². The summed E-state index contributed by atoms with van der Waals surface area (Å²) in [5.41, 5.74) is 6.22. The van der Waals surface area contributed by atoms with Crippen LogP contribution in [0.5, 0.6) is 0 Å². The number of hydrogen-bond donors (Lipinski definition) is 2. The molecule has 0 saturated heterocycles. The van der Waals surface area contributed by atoms with Gasteiger partial charge in [-0.05, 0) is 17.7 Å². The molecule has 0 radical (unpaired) electrons. The van der Waals surface area contributed by atoms with Crippen LogP contribution in [0.2, 0.25) is 5.02 Å². The molecule has 100 valence electrons. The van der Waals surface area contributed by atoms with Gasteiger partial charge in [-0.1, -0.05) is 23.7 Å². The van der Waals surface area contributed by atoms with Crippen LogP contribution in [-0.4, -0.2) is 22.0 Å². The van der Waals surface area contributed by atoms with E-state index >= 15 is 0 Å². The topological polar surface area (TPSA) is 72.9 Å². The van der Waals surface area contributed by atoms with Gasteiger partial charge in [-0.25, -0.2) is 4.98 Å². The van der Waals surface area contributed by atoms with E-state index in [0.29, 0.717) is 5.02 Å². The van der Waals surface area contributed by atoms with Crippen LogP contribution in [-0.2, 0) is 11.8 Å². The fourth-order valence-electron chi connectivity index (χ4n) is 1.86. The molecule has 1 aromatic carbocycles. The predicted molar refractivity (Wildman–Crippen MR) is 73.7 cm³/mol. The lowest BCUT2D eigenvalue weighted by Crippen LogP contribution is -2.35. The van der Waals surface area contributed by atoms with E-state index in [-0.39, 0.29) is 18.5 Å². The first kappa shape index (κ1) is 13.6. The number of imidazole rings is 1. The Bertz CT molecular complexity index is 582. The molecule has 1 unspecified atom stereocenters. The standard InChI is InChI=1S/C13H15ClN4O/c1-18-6-5-16-13(18)12(17-11(19)8-15)9-3-2-4-10(14)7-9/h2-7,12H,8,15H2,1H3,(H,17,19). The third-order valence-electron chi connectivity index (χ3n) is 2.79. The van der Waals surface area contributed by atoms with Crippen molar-refractivity contribution in [3.8, 4) is 0 Å². The number of aryl methyl sites for hydroxylation is 1. The molecule has 2 aromatic rings. The van der Waals surface area contributed by atoms with Crippen LogP contribution in [0.25, 0.3) is 0 Å². The molecular weight excluding hydrogens is 264 g/mol. The summed E-state index contributed by atoms with van der Waals surface area (Å²) in [6.07, 6.45) is 3.50. The molecule has 0 fully saturated rings. The summed E-state index contributed by atoms with van der Waals surface area (Å²) in [5, 5.41) is 3.46. The van der Waals surface area contributed by atoms with Gasteiger partial charge in [-0.15, -0.1) is 0 Å². The summed E-state index contributed by atoms with van der Waals surface area (Å²) in [4.78, 5) is 15.9. The number of amides is 1. The molecule has 2 rings (SSSR count). The quantitative estimate of drug-likeness (QED) is 0.884. The largest absolute Gasteiger partial charge is 0.341 e. The van der Waals surface area contributed by atoms with Crippen molar-refractivity contribution >= 4 is 17.5 Å². The third-order valence-corrected chi connectivity index (χ3v) is 3.02. The van der Waals surface area contributed by atoms with E-state index in [1.165, 1.54) is 0 Å². The maximum Gasteiger partial charge on any atom is 0.234 e. The Labute approximate surface area is 116 Å². The molecule has 3 N–H and O–H groups in total. The van der Waals surface area contributed by atoms with Gasteiger partial charge in [-0.2, -0.15) is 0 Å². The first-order chi connectivity index (χ1) is 9.11. The van der Waals surface area contributed by atoms with Crippen LogP contribution < -0.4 is 11.1 Å². The maximum atomic E-state index is 11.6. The second-order valence-corrected chi connectivity index (χ2v) is 4.59. The molecule has 1 atom stereocenters. The predicted octanol–water partition coefficient (Wildman–Crippen LogP) is 1.24. The molecule has 0 aliphatic heterocycles. The van der Waals surface area contributed by atoms with E-state index in [1.807, 2.05) is 29.9 Å². The smallest absolute Gasteiger partial charge is 0.234 e. The molecular formula is C13H15ClN4O. The van der Waals surface area contributed by atoms with E-state index in [9.17, 15) is 4.79 Å². The van der Waals surface area contributed by atoms with Crippen molar-refractivity contribution in [3.05, 3.63) is 53.1 Å². The maximum absolute atomic E-state index is 11.6. The molecule has 1 aromatic heterocycles. The number of nitrogens with zero attached hydrogens (tertiary/aromatic N) is 2. The Hall–Kier alpha value is -1.85. The summed E-state index contributed by atoms with van der Waals surface area (Å²) in [6, 6.07) is 6.95. The van der Waals surface area contributed by atoms with Crippen LogP contribution in [0, 0.1) is 0 Å². The summed E-state index contributed by atoms with van der Waals surface area (Å²) in [5.74, 6) is 0.483. The van der Waals surface area contributed by atoms with E-state index in [2.05, 4.69) is 10.3 Å². The fraction of sp³-hybridized carbons (Fsp3) is 0.231. The molecule has 0 spiro atoms. The number of carbonyl (C=O) groups excluding carboxylic acids is 1. The Morgan fingerprint density at radius 1 is 1.58 bits per heavy atom. The lowest BCUT2D eigenvalue weighted by Gasteiger charge is -2.19. The molecule has 0 saturated carbocycles. The molecule has 6 heteroatoms. The van der Waals surface area contributed by atoms with Gasteiger partial charge in [-0.3, -0.25) is 4.79 Å². The highest BCUT2D eigenvalue weighted by molar-refractivity contribution is 6.30. The zero-order valence-corrected chi connectivity index (χ0v) is 11.3. The first-order valence-corrected chi connectivity index (χ1v) is 6.21. The first-order valence-electron chi connectivity index (χ1n) is 5.84. The lowest BCUT2D eigenvalue weighted by atomic mass is 10.1. The minimum atomic E-state index is -0.366. The lowest BCUT2D eigenvalue weighted by molar-refractivity contribution is -0.120. The summed E-state index contributed by atoms with van der Waals surface area (Å²) < 4.78 is 1.85. The molecule has 1 amide bonds. The van der Waals surface area contributed by atoms with Gasteiger partial charge in [0.25, 0.3) is 0 Å². The second kappa shape index (κ2) is 5.86. The third kappa shape index (κ3) is 3.13. The highest BCUT2D eigenvalue weighted by Gasteiger charge is 2.20. The molecule has 19 heavy (non-hydrogen) atoms. The van der Waals surface area contributed by atoms with Crippen molar-refractivity contribution in [2.75, 3.05) is 6.54 Å². The summed E-state index contributed by atoms with van der Waals surface area (Å²) >= 11 is 6.00. The number of carbonyl (C=O) groups is 1. The summed E-state index contributed by atoms with van der Waals surface area (Å²) in [7, 11) is 1.87. The van der Waals surface area contributed by atoms with Crippen molar-refractivity contribution < 1.29 is 4.79 Å². The average Bonchev–Trinajstić information content (AvgIpc) is 2.81. The fourth-order valence-corrected chi connectivity index (χ4v) is 2.06. The molecule has 0 aliphatic carbocycles. The van der Waals surface area contributed by atoms with Crippen molar-refractivity contribution in [1.82, 2.24) is 14.9 Å². The number of aromatic nitrogens is 2. The van der Waals surface area contributed by atoms with Gasteiger partial charge in [0.2, 0.25) is 5.91 Å². The van der Waals surface area contributed by atoms with E-state index in [4.69, 9.17) is 17.3 Å². The van der Waals surface area contributed by atoms with Crippen molar-refractivity contribution in [2.24, 2.45) is 12.8 Å². The van der Waals surface area contributed by atoms with Crippen LogP contribution in [0.15, 0.2) is 36.7 Å². The number of benzene rings is 1. The van der Waals surface area contributed by atoms with Gasteiger partial charge in [0.1, 0.15) is 11.9 Å². The van der Waals surface area contributed by atoms with E-state index in [0.717, 1.165) is 11.4 Å². The van der Waals surface area contributed by atoms with Gasteiger partial charge in [0, 0.05) is 24.5 Å². The monoisotopic (exact) mass is 278 g/mol. The Morgan fingerprint density at radius 2 is 2.37 bits per heavy atom. The van der Waals surface area contributed by atoms with Gasteiger partial charge in [0.05, 0.1) is 6.54 Å². The van der Waals surface area contributed by atoms with Gasteiger partial charge < -0.3 is 15.6 Å². The van der Waals surface area contributed by atoms with Gasteiger partial charge in [0.15, 0.2) is 0 Å². The number of nitrogens with one attached hydrogen (secondary N) is 1.